The zero-order valence-corrected chi connectivity index (χ0v) is 8.30. The predicted octanol–water partition coefficient (Wildman–Crippen LogP) is 2.99. The lowest BCUT2D eigenvalue weighted by Crippen LogP contribution is -1.95. The van der Waals surface area contributed by atoms with Crippen molar-refractivity contribution in [3.05, 3.63) is 47.9 Å². The third-order valence-electron chi connectivity index (χ3n) is 1.79. The summed E-state index contributed by atoms with van der Waals surface area (Å²) in [6.45, 7) is 9.91. The van der Waals surface area contributed by atoms with Crippen LogP contribution in [0.5, 0.6) is 0 Å². The molecule has 0 aliphatic rings. The molecule has 0 aromatic carbocycles. The van der Waals surface area contributed by atoms with Crippen molar-refractivity contribution in [2.45, 2.75) is 20.8 Å². The largest absolute Gasteiger partial charge is 0.185 e. The average Bonchev–Trinajstić information content (AvgIpc) is 2.11. The Labute approximate surface area is 76.6 Å². The van der Waals surface area contributed by atoms with Crippen LogP contribution in [-0.2, 0) is 0 Å². The van der Waals surface area contributed by atoms with Crippen LogP contribution in [0, 0.1) is 0 Å². The van der Waals surface area contributed by atoms with E-state index in [2.05, 4.69) is 45.6 Å². The summed E-state index contributed by atoms with van der Waals surface area (Å²) >= 11 is 0. The summed E-state index contributed by atoms with van der Waals surface area (Å²) in [5, 5.41) is 0. The maximum atomic E-state index is 3.64. The molecule has 0 N–H and O–H groups in total. The van der Waals surface area contributed by atoms with E-state index in [0.29, 0.717) is 0 Å². The molecule has 0 atom stereocenters. The van der Waals surface area contributed by atoms with Gasteiger partial charge in [-0.25, -0.2) is 0 Å². The molecule has 0 aromatic rings. The normalized spacial score (nSPS) is 13.6. The molecule has 0 nitrogen and oxygen atoms in total. The maximum absolute atomic E-state index is 3.64. The van der Waals surface area contributed by atoms with Gasteiger partial charge in [0.1, 0.15) is 0 Å². The zero-order valence-electron chi connectivity index (χ0n) is 8.30. The van der Waals surface area contributed by atoms with E-state index in [1.807, 2.05) is 6.08 Å². The first-order valence-electron chi connectivity index (χ1n) is 4.30. The van der Waals surface area contributed by atoms with E-state index in [4.69, 9.17) is 0 Å². The quantitative estimate of drug-likeness (QED) is 0.438. The Morgan fingerprint density at radius 1 is 1.25 bits per heavy atom. The zero-order chi connectivity index (χ0) is 9.40. The Morgan fingerprint density at radius 3 is 2.33 bits per heavy atom. The third kappa shape index (κ3) is 4.78. The molecule has 0 aromatic heterocycles. The van der Waals surface area contributed by atoms with Crippen LogP contribution in [-0.4, -0.2) is 7.28 Å². The van der Waals surface area contributed by atoms with Crippen molar-refractivity contribution in [3.8, 4) is 0 Å². The second-order valence-electron chi connectivity index (χ2n) is 2.77. The van der Waals surface area contributed by atoms with E-state index >= 15 is 0 Å². The fourth-order valence-electron chi connectivity index (χ4n) is 0.873. The first kappa shape index (κ1) is 11.0. The van der Waals surface area contributed by atoms with Crippen molar-refractivity contribution < 1.29 is 0 Å². The summed E-state index contributed by atoms with van der Waals surface area (Å²) < 4.78 is 0. The van der Waals surface area contributed by atoms with Gasteiger partial charge in [-0.1, -0.05) is 49.4 Å². The van der Waals surface area contributed by atoms with Gasteiger partial charge in [-0.05, 0) is 13.8 Å². The Bertz CT molecular complexity index is 219. The molecular weight excluding hydrogens is 143 g/mol. The molecular formula is C11H17B. The van der Waals surface area contributed by atoms with Crippen LogP contribution in [0.15, 0.2) is 47.9 Å². The highest BCUT2D eigenvalue weighted by Gasteiger charge is 1.94. The molecule has 0 radical (unpaired) electrons. The highest BCUT2D eigenvalue weighted by atomic mass is 13.8. The summed E-state index contributed by atoms with van der Waals surface area (Å²) in [4.78, 5) is 0. The number of allylic oxidation sites excluding steroid dienone is 7. The van der Waals surface area contributed by atoms with Gasteiger partial charge in [0.15, 0.2) is 7.28 Å². The Morgan fingerprint density at radius 2 is 1.92 bits per heavy atom. The first-order chi connectivity index (χ1) is 5.74. The number of hydrogen-bond donors (Lipinski definition) is 0. The minimum absolute atomic E-state index is 1.04. The minimum Gasteiger partial charge on any atom is -0.107 e. The van der Waals surface area contributed by atoms with Crippen LogP contribution in [0.3, 0.4) is 0 Å². The summed E-state index contributed by atoms with van der Waals surface area (Å²) in [6.07, 6.45) is 10.1. The fourth-order valence-corrected chi connectivity index (χ4v) is 0.873. The standard InChI is InChI=1S/C11H17B/c1-5-8-9-11(7-3)12-10(4)6-2/h5-9,12H,1H2,2-4H3/b9-8-,10-6+,11-7+. The molecule has 0 fully saturated rings. The van der Waals surface area contributed by atoms with Gasteiger partial charge in [-0.15, -0.1) is 5.47 Å². The Balaban J connectivity index is 4.20. The van der Waals surface area contributed by atoms with Gasteiger partial charge >= 0.3 is 0 Å². The first-order valence-corrected chi connectivity index (χ1v) is 4.30. The van der Waals surface area contributed by atoms with Crippen molar-refractivity contribution in [2.24, 2.45) is 0 Å². The van der Waals surface area contributed by atoms with Crippen LogP contribution >= 0.6 is 0 Å². The van der Waals surface area contributed by atoms with Crippen LogP contribution in [0.2, 0.25) is 0 Å². The van der Waals surface area contributed by atoms with Crippen molar-refractivity contribution in [1.29, 1.82) is 0 Å². The van der Waals surface area contributed by atoms with Crippen LogP contribution in [0.1, 0.15) is 20.8 Å². The highest BCUT2D eigenvalue weighted by Crippen LogP contribution is 2.01. The molecule has 0 saturated heterocycles. The molecule has 0 heterocycles. The van der Waals surface area contributed by atoms with E-state index in [1.165, 1.54) is 10.9 Å². The second-order valence-corrected chi connectivity index (χ2v) is 2.77. The van der Waals surface area contributed by atoms with E-state index in [1.54, 1.807) is 6.08 Å². The van der Waals surface area contributed by atoms with Crippen molar-refractivity contribution in [3.63, 3.8) is 0 Å². The molecule has 0 bridgehead atoms. The van der Waals surface area contributed by atoms with Gasteiger partial charge in [0.05, 0.1) is 0 Å². The molecule has 0 spiro atoms. The molecule has 0 aliphatic carbocycles. The van der Waals surface area contributed by atoms with E-state index in [0.717, 1.165) is 7.28 Å². The summed E-state index contributed by atoms with van der Waals surface area (Å²) in [7, 11) is 1.04. The van der Waals surface area contributed by atoms with Gasteiger partial charge in [0, 0.05) is 0 Å². The minimum atomic E-state index is 1.04. The molecule has 1 heteroatoms. The lowest BCUT2D eigenvalue weighted by atomic mass is 9.63. The predicted molar refractivity (Wildman–Crippen MR) is 59.7 cm³/mol. The molecule has 0 aliphatic heterocycles. The molecule has 12 heavy (non-hydrogen) atoms. The van der Waals surface area contributed by atoms with Gasteiger partial charge in [0.25, 0.3) is 0 Å². The highest BCUT2D eigenvalue weighted by molar-refractivity contribution is 6.54. The van der Waals surface area contributed by atoms with E-state index in [-0.39, 0.29) is 0 Å². The van der Waals surface area contributed by atoms with Gasteiger partial charge in [0.2, 0.25) is 0 Å². The summed E-state index contributed by atoms with van der Waals surface area (Å²) in [5.41, 5.74) is 2.74. The van der Waals surface area contributed by atoms with Crippen molar-refractivity contribution in [2.75, 3.05) is 0 Å². The second kappa shape index (κ2) is 6.72. The average molecular weight is 160 g/mol. The van der Waals surface area contributed by atoms with Crippen LogP contribution in [0.25, 0.3) is 0 Å². The van der Waals surface area contributed by atoms with Crippen molar-refractivity contribution >= 4 is 7.28 Å². The Hall–Kier alpha value is -0.975. The van der Waals surface area contributed by atoms with Gasteiger partial charge in [-0.2, -0.15) is 0 Å². The van der Waals surface area contributed by atoms with Crippen molar-refractivity contribution in [1.82, 2.24) is 0 Å². The van der Waals surface area contributed by atoms with Crippen LogP contribution < -0.4 is 0 Å². The SMILES string of the molecule is C=C/C=C\C(B/C(C)=C/C)=C/C. The van der Waals surface area contributed by atoms with Gasteiger partial charge < -0.3 is 0 Å². The topological polar surface area (TPSA) is 0 Å². The monoisotopic (exact) mass is 160 g/mol. The molecule has 64 valence electrons. The molecule has 0 unspecified atom stereocenters. The molecule has 0 amide bonds. The summed E-state index contributed by atoms with van der Waals surface area (Å²) in [5.74, 6) is 0. The van der Waals surface area contributed by atoms with Crippen LogP contribution in [0.4, 0.5) is 0 Å². The smallest absolute Gasteiger partial charge is 0.107 e. The third-order valence-corrected chi connectivity index (χ3v) is 1.79. The van der Waals surface area contributed by atoms with E-state index in [9.17, 15) is 0 Å². The number of hydrogen-bond acceptors (Lipinski definition) is 0. The molecule has 0 saturated carbocycles. The fraction of sp³-hybridized carbons (Fsp3) is 0.273. The number of rotatable bonds is 4. The lowest BCUT2D eigenvalue weighted by molar-refractivity contribution is 1.56. The lowest BCUT2D eigenvalue weighted by Gasteiger charge is -1.98. The Kier molecular flexibility index (Phi) is 6.17. The van der Waals surface area contributed by atoms with Gasteiger partial charge in [-0.3, -0.25) is 0 Å². The maximum Gasteiger partial charge on any atom is 0.185 e. The van der Waals surface area contributed by atoms with E-state index < -0.39 is 0 Å². The summed E-state index contributed by atoms with van der Waals surface area (Å²) in [6, 6.07) is 0. The molecule has 0 rings (SSSR count).